The Balaban J connectivity index is 1.83. The first-order valence-electron chi connectivity index (χ1n) is 5.05. The molecule has 0 aromatic carbocycles. The summed E-state index contributed by atoms with van der Waals surface area (Å²) in [7, 11) is 1.34. The number of esters is 1. The molecule has 6 nitrogen and oxygen atoms in total. The molecule has 0 aliphatic carbocycles. The normalized spacial score (nSPS) is 10.2. The van der Waals surface area contributed by atoms with Gasteiger partial charge in [-0.05, 0) is 6.07 Å². The number of carbonyl (C=O) groups excluding carboxylic acids is 1. The Kier molecular flexibility index (Phi) is 3.71. The standard InChI is InChI=1S/C10H12N4O2S/c1-16-9(15)8-7-17-10(13-8)11-4-6-14-5-2-3-12-14/h2-3,5,7H,4,6H2,1H3,(H,11,13). The number of anilines is 1. The molecule has 90 valence electrons. The summed E-state index contributed by atoms with van der Waals surface area (Å²) < 4.78 is 6.40. The Bertz CT molecular complexity index is 480. The summed E-state index contributed by atoms with van der Waals surface area (Å²) in [5.41, 5.74) is 0.332. The first kappa shape index (κ1) is 11.6. The molecule has 0 radical (unpaired) electrons. The maximum Gasteiger partial charge on any atom is 0.357 e. The summed E-state index contributed by atoms with van der Waals surface area (Å²) in [5.74, 6) is -0.415. The van der Waals surface area contributed by atoms with Gasteiger partial charge < -0.3 is 10.1 Å². The summed E-state index contributed by atoms with van der Waals surface area (Å²) in [6, 6.07) is 1.87. The molecule has 0 amide bonds. The van der Waals surface area contributed by atoms with Crippen molar-refractivity contribution in [1.82, 2.24) is 14.8 Å². The summed E-state index contributed by atoms with van der Waals surface area (Å²) in [6.07, 6.45) is 3.63. The topological polar surface area (TPSA) is 69.0 Å². The molecule has 1 N–H and O–H groups in total. The molecule has 0 aliphatic heterocycles. The summed E-state index contributed by atoms with van der Waals surface area (Å²) in [4.78, 5) is 15.3. The quantitative estimate of drug-likeness (QED) is 0.811. The van der Waals surface area contributed by atoms with Crippen LogP contribution in [0.3, 0.4) is 0 Å². The van der Waals surface area contributed by atoms with Gasteiger partial charge in [-0.2, -0.15) is 5.10 Å². The van der Waals surface area contributed by atoms with Crippen molar-refractivity contribution in [2.45, 2.75) is 6.54 Å². The molecule has 17 heavy (non-hydrogen) atoms. The zero-order valence-corrected chi connectivity index (χ0v) is 10.1. The van der Waals surface area contributed by atoms with Crippen molar-refractivity contribution in [3.8, 4) is 0 Å². The molecule has 2 aromatic rings. The number of methoxy groups -OCH3 is 1. The minimum atomic E-state index is -0.415. The van der Waals surface area contributed by atoms with Crippen LogP contribution in [0.4, 0.5) is 5.13 Å². The van der Waals surface area contributed by atoms with E-state index in [1.54, 1.807) is 11.6 Å². The number of hydrogen-bond donors (Lipinski definition) is 1. The van der Waals surface area contributed by atoms with Crippen molar-refractivity contribution in [1.29, 1.82) is 0 Å². The fraction of sp³-hybridized carbons (Fsp3) is 0.300. The molecule has 0 unspecified atom stereocenters. The average Bonchev–Trinajstić information content (AvgIpc) is 2.99. The van der Waals surface area contributed by atoms with Gasteiger partial charge in [0.1, 0.15) is 0 Å². The fourth-order valence-electron chi connectivity index (χ4n) is 1.26. The van der Waals surface area contributed by atoms with Crippen molar-refractivity contribution in [2.75, 3.05) is 19.0 Å². The highest BCUT2D eigenvalue weighted by Crippen LogP contribution is 2.15. The highest BCUT2D eigenvalue weighted by Gasteiger charge is 2.09. The Morgan fingerprint density at radius 1 is 1.65 bits per heavy atom. The fourth-order valence-corrected chi connectivity index (χ4v) is 1.97. The minimum absolute atomic E-state index is 0.332. The van der Waals surface area contributed by atoms with Gasteiger partial charge in [-0.3, -0.25) is 4.68 Å². The lowest BCUT2D eigenvalue weighted by Gasteiger charge is -2.02. The first-order valence-corrected chi connectivity index (χ1v) is 5.92. The van der Waals surface area contributed by atoms with Crippen LogP contribution in [0.25, 0.3) is 0 Å². The molecule has 0 saturated heterocycles. The number of rotatable bonds is 5. The molecule has 2 heterocycles. The van der Waals surface area contributed by atoms with Crippen molar-refractivity contribution in [3.63, 3.8) is 0 Å². The largest absolute Gasteiger partial charge is 0.464 e. The van der Waals surface area contributed by atoms with Crippen LogP contribution in [-0.4, -0.2) is 34.4 Å². The van der Waals surface area contributed by atoms with Crippen LogP contribution in [-0.2, 0) is 11.3 Å². The van der Waals surface area contributed by atoms with Crippen LogP contribution in [0.2, 0.25) is 0 Å². The maximum atomic E-state index is 11.2. The van der Waals surface area contributed by atoms with E-state index >= 15 is 0 Å². The van der Waals surface area contributed by atoms with Gasteiger partial charge in [0.25, 0.3) is 0 Å². The molecule has 0 fully saturated rings. The summed E-state index contributed by atoms with van der Waals surface area (Å²) in [6.45, 7) is 1.45. The van der Waals surface area contributed by atoms with Gasteiger partial charge in [0.15, 0.2) is 10.8 Å². The van der Waals surface area contributed by atoms with E-state index in [9.17, 15) is 4.79 Å². The number of nitrogens with one attached hydrogen (secondary N) is 1. The zero-order chi connectivity index (χ0) is 12.1. The second-order valence-corrected chi connectivity index (χ2v) is 4.08. The van der Waals surface area contributed by atoms with Gasteiger partial charge in [0.2, 0.25) is 0 Å². The molecule has 0 aliphatic rings. The van der Waals surface area contributed by atoms with E-state index in [1.165, 1.54) is 18.4 Å². The van der Waals surface area contributed by atoms with E-state index in [0.29, 0.717) is 17.4 Å². The second kappa shape index (κ2) is 5.44. The third-order valence-electron chi connectivity index (χ3n) is 2.08. The number of carbonyl (C=O) groups is 1. The number of nitrogens with zero attached hydrogens (tertiary/aromatic N) is 3. The highest BCUT2D eigenvalue weighted by molar-refractivity contribution is 7.13. The molecule has 0 saturated carbocycles. The van der Waals surface area contributed by atoms with Gasteiger partial charge >= 0.3 is 5.97 Å². The molecule has 0 bridgehead atoms. The van der Waals surface area contributed by atoms with Crippen LogP contribution < -0.4 is 5.32 Å². The molecule has 2 aromatic heterocycles. The van der Waals surface area contributed by atoms with E-state index in [0.717, 1.165) is 6.54 Å². The SMILES string of the molecule is COC(=O)c1csc(NCCn2cccn2)n1. The Hall–Kier alpha value is -1.89. The zero-order valence-electron chi connectivity index (χ0n) is 9.29. The van der Waals surface area contributed by atoms with Crippen molar-refractivity contribution in [3.05, 3.63) is 29.5 Å². The van der Waals surface area contributed by atoms with Crippen LogP contribution in [0.15, 0.2) is 23.8 Å². The van der Waals surface area contributed by atoms with Crippen molar-refractivity contribution in [2.24, 2.45) is 0 Å². The van der Waals surface area contributed by atoms with Gasteiger partial charge in [-0.25, -0.2) is 9.78 Å². The first-order chi connectivity index (χ1) is 8.29. The molecular weight excluding hydrogens is 240 g/mol. The lowest BCUT2D eigenvalue weighted by Crippen LogP contribution is -2.11. The lowest BCUT2D eigenvalue weighted by molar-refractivity contribution is 0.0595. The van der Waals surface area contributed by atoms with Crippen LogP contribution in [0.5, 0.6) is 0 Å². The molecule has 0 spiro atoms. The summed E-state index contributed by atoms with van der Waals surface area (Å²) >= 11 is 1.38. The van der Waals surface area contributed by atoms with Gasteiger partial charge in [-0.15, -0.1) is 11.3 Å². The van der Waals surface area contributed by atoms with E-state index in [1.807, 2.05) is 16.9 Å². The number of thiazole rings is 1. The number of ether oxygens (including phenoxy) is 1. The average molecular weight is 252 g/mol. The number of hydrogen-bond acceptors (Lipinski definition) is 6. The maximum absolute atomic E-state index is 11.2. The minimum Gasteiger partial charge on any atom is -0.464 e. The third-order valence-corrected chi connectivity index (χ3v) is 2.88. The Morgan fingerprint density at radius 2 is 2.53 bits per heavy atom. The Morgan fingerprint density at radius 3 is 3.24 bits per heavy atom. The molecule has 2 rings (SSSR count). The van der Waals surface area contributed by atoms with Gasteiger partial charge in [-0.1, -0.05) is 0 Å². The molecule has 7 heteroatoms. The molecule has 0 atom stereocenters. The Labute approximate surface area is 102 Å². The third kappa shape index (κ3) is 3.04. The van der Waals surface area contributed by atoms with Crippen LogP contribution >= 0.6 is 11.3 Å². The molecular formula is C10H12N4O2S. The van der Waals surface area contributed by atoms with Crippen molar-refractivity contribution < 1.29 is 9.53 Å². The predicted molar refractivity (Wildman–Crippen MR) is 64.2 cm³/mol. The van der Waals surface area contributed by atoms with Gasteiger partial charge in [0, 0.05) is 24.3 Å². The van der Waals surface area contributed by atoms with Crippen molar-refractivity contribution >= 4 is 22.4 Å². The number of aromatic nitrogens is 3. The van der Waals surface area contributed by atoms with Crippen LogP contribution in [0, 0.1) is 0 Å². The van der Waals surface area contributed by atoms with Crippen LogP contribution in [0.1, 0.15) is 10.5 Å². The monoisotopic (exact) mass is 252 g/mol. The predicted octanol–water partition coefficient (Wildman–Crippen LogP) is 1.24. The van der Waals surface area contributed by atoms with E-state index in [-0.39, 0.29) is 0 Å². The second-order valence-electron chi connectivity index (χ2n) is 3.23. The van der Waals surface area contributed by atoms with E-state index < -0.39 is 5.97 Å². The smallest absolute Gasteiger partial charge is 0.357 e. The summed E-state index contributed by atoms with van der Waals surface area (Å²) in [5, 5.41) is 9.58. The van der Waals surface area contributed by atoms with Gasteiger partial charge in [0.05, 0.1) is 13.7 Å². The van der Waals surface area contributed by atoms with E-state index in [2.05, 4.69) is 20.1 Å². The van der Waals surface area contributed by atoms with E-state index in [4.69, 9.17) is 0 Å². The lowest BCUT2D eigenvalue weighted by atomic mass is 10.5. The highest BCUT2D eigenvalue weighted by atomic mass is 32.1.